The molecule has 4 N–H and O–H groups in total. The number of hydrogen-bond donors (Lipinski definition) is 3. The van der Waals surface area contributed by atoms with Crippen molar-refractivity contribution in [1.29, 1.82) is 0 Å². The summed E-state index contributed by atoms with van der Waals surface area (Å²) in [5, 5.41) is -0.314. The number of hydrogen-bond acceptors (Lipinski definition) is 8. The molecule has 0 radical (unpaired) electrons. The Morgan fingerprint density at radius 2 is 1.59 bits per heavy atom. The molecule has 0 atom stereocenters. The number of rotatable bonds is 7. The van der Waals surface area contributed by atoms with Crippen molar-refractivity contribution in [1.82, 2.24) is 4.98 Å². The van der Waals surface area contributed by atoms with E-state index in [1.165, 1.54) is 24.3 Å². The second-order valence-corrected chi connectivity index (χ2v) is 6.98. The van der Waals surface area contributed by atoms with E-state index in [1.54, 1.807) is 13.8 Å². The highest BCUT2D eigenvalue weighted by molar-refractivity contribution is 7.46. The van der Waals surface area contributed by atoms with Crippen LogP contribution in [0, 0.1) is 0 Å². The minimum absolute atomic E-state index is 0.0320. The van der Waals surface area contributed by atoms with Crippen LogP contribution in [0.25, 0.3) is 11.3 Å². The summed E-state index contributed by atoms with van der Waals surface area (Å²) in [4.78, 5) is 46.5. The van der Waals surface area contributed by atoms with E-state index in [0.29, 0.717) is 5.56 Å². The molecule has 29 heavy (non-hydrogen) atoms. The highest BCUT2D eigenvalue weighted by Crippen LogP contribution is 2.39. The lowest BCUT2D eigenvalue weighted by molar-refractivity contribution is 0.0479. The summed E-state index contributed by atoms with van der Waals surface area (Å²) in [6, 6.07) is 5.34. The average molecular weight is 445 g/mol. The van der Waals surface area contributed by atoms with Crippen LogP contribution < -0.4 is 10.3 Å². The van der Waals surface area contributed by atoms with Crippen molar-refractivity contribution in [3.8, 4) is 17.0 Å². The molecular formula is C17H18ClN2O8P. The minimum Gasteiger partial charge on any atom is -0.462 e. The predicted octanol–water partition coefficient (Wildman–Crippen LogP) is 2.81. The Balaban J connectivity index is 2.60. The molecule has 1 aromatic carbocycles. The second-order valence-electron chi connectivity index (χ2n) is 5.46. The molecule has 0 saturated heterocycles. The van der Waals surface area contributed by atoms with Crippen LogP contribution in [0.4, 0.5) is 5.69 Å². The Hall–Kier alpha value is -2.65. The van der Waals surface area contributed by atoms with Crippen LogP contribution in [0.2, 0.25) is 5.15 Å². The van der Waals surface area contributed by atoms with Gasteiger partial charge in [0.15, 0.2) is 0 Å². The number of phosphoric acid groups is 1. The zero-order valence-corrected chi connectivity index (χ0v) is 17.1. The van der Waals surface area contributed by atoms with Crippen molar-refractivity contribution in [2.24, 2.45) is 0 Å². The first-order valence-corrected chi connectivity index (χ1v) is 10.2. The first-order valence-electron chi connectivity index (χ1n) is 8.27. The fourth-order valence-electron chi connectivity index (χ4n) is 2.41. The molecule has 0 fully saturated rings. The molecule has 0 aliphatic carbocycles. The standard InChI is InChI=1S/C17H18ClN2O8P/c1-3-26-16(21)11-12(17(22)27-4-2)15(18)20-14(13(11)19)9-5-7-10(8-6-9)28-29(23,24)25/h5-8H,3-4,19H2,1-2H3,(H2,23,24,25). The number of ether oxygens (including phenoxy) is 2. The number of pyridine rings is 1. The highest BCUT2D eigenvalue weighted by Gasteiger charge is 2.29. The molecule has 12 heteroatoms. The van der Waals surface area contributed by atoms with Crippen molar-refractivity contribution >= 4 is 37.0 Å². The van der Waals surface area contributed by atoms with Gasteiger partial charge in [0.05, 0.1) is 24.6 Å². The van der Waals surface area contributed by atoms with E-state index >= 15 is 0 Å². The molecule has 2 aromatic rings. The molecule has 0 bridgehead atoms. The quantitative estimate of drug-likeness (QED) is 0.329. The number of phosphoric ester groups is 1. The Labute approximate surface area is 170 Å². The normalized spacial score (nSPS) is 11.1. The zero-order chi connectivity index (χ0) is 21.8. The van der Waals surface area contributed by atoms with Gasteiger partial charge in [0.25, 0.3) is 0 Å². The molecule has 156 valence electrons. The summed E-state index contributed by atoms with van der Waals surface area (Å²) in [7, 11) is -4.72. The van der Waals surface area contributed by atoms with Crippen LogP contribution in [-0.2, 0) is 14.0 Å². The number of esters is 2. The Morgan fingerprint density at radius 3 is 2.07 bits per heavy atom. The molecule has 0 aliphatic rings. The number of benzene rings is 1. The molecule has 10 nitrogen and oxygen atoms in total. The lowest BCUT2D eigenvalue weighted by Gasteiger charge is -2.15. The largest absolute Gasteiger partial charge is 0.524 e. The number of nitrogens with zero attached hydrogens (tertiary/aromatic N) is 1. The van der Waals surface area contributed by atoms with Crippen molar-refractivity contribution in [3.63, 3.8) is 0 Å². The van der Waals surface area contributed by atoms with E-state index in [-0.39, 0.29) is 46.6 Å². The molecule has 0 amide bonds. The Bertz CT molecular complexity index is 974. The molecular weight excluding hydrogens is 427 g/mol. The Morgan fingerprint density at radius 1 is 1.07 bits per heavy atom. The molecule has 0 saturated carbocycles. The fourth-order valence-corrected chi connectivity index (χ4v) is 3.06. The summed E-state index contributed by atoms with van der Waals surface area (Å²) < 4.78 is 25.3. The van der Waals surface area contributed by atoms with Crippen LogP contribution >= 0.6 is 19.4 Å². The number of nitrogen functional groups attached to an aromatic ring is 1. The third-order valence-electron chi connectivity index (χ3n) is 3.50. The lowest BCUT2D eigenvalue weighted by Crippen LogP contribution is -2.18. The lowest BCUT2D eigenvalue weighted by atomic mass is 10.0. The molecule has 1 heterocycles. The number of carbonyl (C=O) groups is 2. The average Bonchev–Trinajstić information content (AvgIpc) is 2.62. The first-order chi connectivity index (χ1) is 13.6. The van der Waals surface area contributed by atoms with Gasteiger partial charge in [-0.15, -0.1) is 0 Å². The second kappa shape index (κ2) is 9.23. The molecule has 2 rings (SSSR count). The third-order valence-corrected chi connectivity index (χ3v) is 4.22. The molecule has 0 aliphatic heterocycles. The minimum atomic E-state index is -4.72. The summed E-state index contributed by atoms with van der Waals surface area (Å²) in [6.07, 6.45) is 0. The van der Waals surface area contributed by atoms with E-state index in [2.05, 4.69) is 9.51 Å². The monoisotopic (exact) mass is 444 g/mol. The number of nitrogens with two attached hydrogens (primary N) is 1. The van der Waals surface area contributed by atoms with Gasteiger partial charge < -0.3 is 19.7 Å². The number of halogens is 1. The maximum absolute atomic E-state index is 12.4. The van der Waals surface area contributed by atoms with Gasteiger partial charge in [-0.3, -0.25) is 9.79 Å². The van der Waals surface area contributed by atoms with Crippen LogP contribution in [-0.4, -0.2) is 39.9 Å². The van der Waals surface area contributed by atoms with Gasteiger partial charge in [-0.25, -0.2) is 19.1 Å². The Kier molecular flexibility index (Phi) is 7.21. The van der Waals surface area contributed by atoms with Crippen LogP contribution in [0.1, 0.15) is 34.6 Å². The summed E-state index contributed by atoms with van der Waals surface area (Å²) in [5.74, 6) is -1.85. The summed E-state index contributed by atoms with van der Waals surface area (Å²) >= 11 is 6.15. The number of aromatic nitrogens is 1. The summed E-state index contributed by atoms with van der Waals surface area (Å²) in [6.45, 7) is 3.24. The van der Waals surface area contributed by atoms with Crippen molar-refractivity contribution in [3.05, 3.63) is 40.5 Å². The smallest absolute Gasteiger partial charge is 0.462 e. The van der Waals surface area contributed by atoms with Crippen molar-refractivity contribution < 1.29 is 37.9 Å². The van der Waals surface area contributed by atoms with Crippen molar-refractivity contribution in [2.45, 2.75) is 13.8 Å². The van der Waals surface area contributed by atoms with Gasteiger partial charge in [0.1, 0.15) is 22.0 Å². The molecule has 1 aromatic heterocycles. The van der Waals surface area contributed by atoms with Gasteiger partial charge >= 0.3 is 19.8 Å². The maximum atomic E-state index is 12.4. The van der Waals surface area contributed by atoms with E-state index in [9.17, 15) is 14.2 Å². The van der Waals surface area contributed by atoms with Crippen LogP contribution in [0.5, 0.6) is 5.75 Å². The van der Waals surface area contributed by atoms with Crippen LogP contribution in [0.15, 0.2) is 24.3 Å². The number of anilines is 1. The zero-order valence-electron chi connectivity index (χ0n) is 15.4. The van der Waals surface area contributed by atoms with Gasteiger partial charge in [-0.05, 0) is 38.1 Å². The van der Waals surface area contributed by atoms with E-state index in [1.807, 2.05) is 0 Å². The third kappa shape index (κ3) is 5.45. The van der Waals surface area contributed by atoms with Gasteiger partial charge in [-0.2, -0.15) is 0 Å². The predicted molar refractivity (Wildman–Crippen MR) is 104 cm³/mol. The molecule has 0 spiro atoms. The highest BCUT2D eigenvalue weighted by atomic mass is 35.5. The summed E-state index contributed by atoms with van der Waals surface area (Å²) in [5.41, 5.74) is 5.76. The number of carbonyl (C=O) groups excluding carboxylic acids is 2. The van der Waals surface area contributed by atoms with Crippen molar-refractivity contribution in [2.75, 3.05) is 18.9 Å². The van der Waals surface area contributed by atoms with E-state index in [4.69, 9.17) is 36.6 Å². The topological polar surface area (TPSA) is 158 Å². The van der Waals surface area contributed by atoms with Gasteiger partial charge in [0, 0.05) is 5.56 Å². The van der Waals surface area contributed by atoms with Gasteiger partial charge in [0.2, 0.25) is 0 Å². The van der Waals surface area contributed by atoms with E-state index < -0.39 is 19.8 Å². The molecule has 0 unspecified atom stereocenters. The maximum Gasteiger partial charge on any atom is 0.524 e. The fraction of sp³-hybridized carbons (Fsp3) is 0.235. The first kappa shape index (κ1) is 22.6. The van der Waals surface area contributed by atoms with Gasteiger partial charge in [-0.1, -0.05) is 11.6 Å². The van der Waals surface area contributed by atoms with E-state index in [0.717, 1.165) is 0 Å². The SMILES string of the molecule is CCOC(=O)c1c(Cl)nc(-c2ccc(OP(=O)(O)O)cc2)c(N)c1C(=O)OCC. The van der Waals surface area contributed by atoms with Crippen LogP contribution in [0.3, 0.4) is 0 Å².